The summed E-state index contributed by atoms with van der Waals surface area (Å²) in [5.41, 5.74) is 0. The lowest BCUT2D eigenvalue weighted by atomic mass is 10.3. The van der Waals surface area contributed by atoms with Crippen molar-refractivity contribution in [2.45, 2.75) is 39.0 Å². The molecule has 0 aromatic heterocycles. The smallest absolute Gasteiger partial charge is 0.0969 e. The van der Waals surface area contributed by atoms with Crippen LogP contribution in [0, 0.1) is 0 Å². The molecule has 0 bridgehead atoms. The molecule has 0 N–H and O–H groups in total. The number of piperazine rings is 1. The zero-order valence-corrected chi connectivity index (χ0v) is 10.5. The van der Waals surface area contributed by atoms with Crippen LogP contribution in [0.2, 0.25) is 0 Å². The summed E-state index contributed by atoms with van der Waals surface area (Å²) in [6.45, 7) is 12.5. The van der Waals surface area contributed by atoms with Crippen molar-refractivity contribution in [3.05, 3.63) is 0 Å². The zero-order chi connectivity index (χ0) is 10.7. The molecule has 1 aliphatic heterocycles. The van der Waals surface area contributed by atoms with Gasteiger partial charge in [0.05, 0.1) is 11.0 Å². The van der Waals surface area contributed by atoms with Crippen LogP contribution in [0.5, 0.6) is 0 Å². The molecule has 1 fully saturated rings. The fourth-order valence-corrected chi connectivity index (χ4v) is 2.82. The van der Waals surface area contributed by atoms with Gasteiger partial charge >= 0.3 is 0 Å². The van der Waals surface area contributed by atoms with E-state index in [1.807, 2.05) is 13.8 Å². The first-order valence-corrected chi connectivity index (χ1v) is 6.59. The van der Waals surface area contributed by atoms with Crippen LogP contribution >= 0.6 is 0 Å². The molecule has 0 amide bonds. The lowest BCUT2D eigenvalue weighted by Gasteiger charge is -2.36. The quantitative estimate of drug-likeness (QED) is 0.708. The Balaban J connectivity index is 2.39. The van der Waals surface area contributed by atoms with Gasteiger partial charge in [-0.3, -0.25) is 4.90 Å². The van der Waals surface area contributed by atoms with Crippen molar-refractivity contribution in [3.8, 4) is 0 Å². The van der Waals surface area contributed by atoms with E-state index >= 15 is 0 Å². The third-order valence-electron chi connectivity index (χ3n) is 2.66. The number of hydrogen-bond donors (Lipinski definition) is 0. The molecule has 1 aliphatic rings. The fraction of sp³-hybridized carbons (Fsp3) is 1.00. The molecule has 1 heterocycles. The molecule has 0 radical (unpaired) electrons. The highest BCUT2D eigenvalue weighted by molar-refractivity contribution is 7.83. The molecule has 14 heavy (non-hydrogen) atoms. The maximum absolute atomic E-state index is 11.8. The number of rotatable bonds is 3. The number of nitrogens with zero attached hydrogens (tertiary/aromatic N) is 2. The standard InChI is InChI=1S/C10H22N2OS/c1-9(2)11-5-7-12(8-6-11)14(13)10(3)4/h9-10H,5-8H2,1-4H3. The van der Waals surface area contributed by atoms with Crippen molar-refractivity contribution in [1.82, 2.24) is 9.21 Å². The summed E-state index contributed by atoms with van der Waals surface area (Å²) in [5, 5.41) is 0.251. The summed E-state index contributed by atoms with van der Waals surface area (Å²) >= 11 is 0. The second kappa shape index (κ2) is 5.24. The van der Waals surface area contributed by atoms with Crippen LogP contribution in [0.25, 0.3) is 0 Å². The van der Waals surface area contributed by atoms with E-state index in [9.17, 15) is 4.21 Å². The van der Waals surface area contributed by atoms with E-state index in [0.717, 1.165) is 26.2 Å². The molecule has 3 nitrogen and oxygen atoms in total. The molecule has 0 aromatic rings. The van der Waals surface area contributed by atoms with Gasteiger partial charge in [-0.05, 0) is 27.7 Å². The number of hydrogen-bond acceptors (Lipinski definition) is 2. The van der Waals surface area contributed by atoms with Crippen molar-refractivity contribution >= 4 is 11.0 Å². The van der Waals surface area contributed by atoms with Gasteiger partial charge in [0, 0.05) is 37.5 Å². The second-order valence-electron chi connectivity index (χ2n) is 4.38. The fourth-order valence-electron chi connectivity index (χ4n) is 1.70. The molecule has 1 unspecified atom stereocenters. The summed E-state index contributed by atoms with van der Waals surface area (Å²) in [4.78, 5) is 2.44. The van der Waals surface area contributed by atoms with Gasteiger partial charge in [0.15, 0.2) is 0 Å². The average Bonchev–Trinajstić information content (AvgIpc) is 2.16. The minimum absolute atomic E-state index is 0.251. The average molecular weight is 218 g/mol. The first-order chi connectivity index (χ1) is 6.52. The predicted octanol–water partition coefficient (Wildman–Crippen LogP) is 1.08. The van der Waals surface area contributed by atoms with Crippen molar-refractivity contribution in [3.63, 3.8) is 0 Å². The van der Waals surface area contributed by atoms with Gasteiger partial charge in [-0.15, -0.1) is 0 Å². The normalized spacial score (nSPS) is 23.3. The van der Waals surface area contributed by atoms with Crippen LogP contribution in [0.15, 0.2) is 0 Å². The van der Waals surface area contributed by atoms with Crippen LogP contribution in [-0.4, -0.2) is 50.9 Å². The predicted molar refractivity (Wildman–Crippen MR) is 61.6 cm³/mol. The minimum atomic E-state index is -0.780. The maximum atomic E-state index is 11.8. The molecular formula is C10H22N2OS. The van der Waals surface area contributed by atoms with Crippen LogP contribution in [0.4, 0.5) is 0 Å². The largest absolute Gasteiger partial charge is 0.298 e. The Kier molecular flexibility index (Phi) is 4.54. The molecule has 0 aromatic carbocycles. The second-order valence-corrected chi connectivity index (χ2v) is 6.40. The SMILES string of the molecule is CC(C)N1CCN(S(=O)C(C)C)CC1. The van der Waals surface area contributed by atoms with Crippen molar-refractivity contribution in [2.24, 2.45) is 0 Å². The highest BCUT2D eigenvalue weighted by Crippen LogP contribution is 2.10. The molecule has 0 spiro atoms. The summed E-state index contributed by atoms with van der Waals surface area (Å²) in [6, 6.07) is 0.615. The molecule has 1 saturated heterocycles. The Hall–Kier alpha value is 0.0700. The molecular weight excluding hydrogens is 196 g/mol. The van der Waals surface area contributed by atoms with Gasteiger partial charge < -0.3 is 0 Å². The first-order valence-electron chi connectivity index (χ1n) is 5.42. The molecule has 84 valence electrons. The van der Waals surface area contributed by atoms with E-state index in [1.165, 1.54) is 0 Å². The first kappa shape index (κ1) is 12.1. The third-order valence-corrected chi connectivity index (χ3v) is 4.34. The zero-order valence-electron chi connectivity index (χ0n) is 9.69. The molecule has 1 rings (SSSR count). The Morgan fingerprint density at radius 3 is 1.86 bits per heavy atom. The van der Waals surface area contributed by atoms with Crippen molar-refractivity contribution < 1.29 is 4.21 Å². The van der Waals surface area contributed by atoms with Gasteiger partial charge in [0.2, 0.25) is 0 Å². The van der Waals surface area contributed by atoms with E-state index in [-0.39, 0.29) is 5.25 Å². The molecule has 1 atom stereocenters. The van der Waals surface area contributed by atoms with Crippen LogP contribution < -0.4 is 0 Å². The maximum Gasteiger partial charge on any atom is 0.0969 e. The van der Waals surface area contributed by atoms with E-state index in [4.69, 9.17) is 0 Å². The van der Waals surface area contributed by atoms with Gasteiger partial charge in [-0.1, -0.05) is 0 Å². The minimum Gasteiger partial charge on any atom is -0.298 e. The summed E-state index contributed by atoms with van der Waals surface area (Å²) in [7, 11) is -0.780. The summed E-state index contributed by atoms with van der Waals surface area (Å²) in [5.74, 6) is 0. The van der Waals surface area contributed by atoms with E-state index in [1.54, 1.807) is 0 Å². The Morgan fingerprint density at radius 2 is 1.50 bits per heavy atom. The Morgan fingerprint density at radius 1 is 1.00 bits per heavy atom. The van der Waals surface area contributed by atoms with E-state index in [0.29, 0.717) is 6.04 Å². The Bertz CT molecular complexity index is 198. The van der Waals surface area contributed by atoms with Gasteiger partial charge in [-0.2, -0.15) is 0 Å². The van der Waals surface area contributed by atoms with Crippen molar-refractivity contribution in [1.29, 1.82) is 0 Å². The summed E-state index contributed by atoms with van der Waals surface area (Å²) in [6.07, 6.45) is 0. The van der Waals surface area contributed by atoms with Gasteiger partial charge in [0.1, 0.15) is 0 Å². The van der Waals surface area contributed by atoms with Crippen molar-refractivity contribution in [2.75, 3.05) is 26.2 Å². The van der Waals surface area contributed by atoms with E-state index < -0.39 is 11.0 Å². The van der Waals surface area contributed by atoms with Gasteiger partial charge in [0.25, 0.3) is 0 Å². The lowest BCUT2D eigenvalue weighted by molar-refractivity contribution is 0.157. The van der Waals surface area contributed by atoms with Gasteiger partial charge in [-0.25, -0.2) is 8.51 Å². The van der Waals surface area contributed by atoms with E-state index in [2.05, 4.69) is 23.1 Å². The highest BCUT2D eigenvalue weighted by atomic mass is 32.2. The van der Waals surface area contributed by atoms with Crippen LogP contribution in [-0.2, 0) is 11.0 Å². The topological polar surface area (TPSA) is 23.6 Å². The molecule has 0 aliphatic carbocycles. The molecule has 0 saturated carbocycles. The van der Waals surface area contributed by atoms with Crippen LogP contribution in [0.1, 0.15) is 27.7 Å². The highest BCUT2D eigenvalue weighted by Gasteiger charge is 2.23. The summed E-state index contributed by atoms with van der Waals surface area (Å²) < 4.78 is 13.9. The van der Waals surface area contributed by atoms with Crippen LogP contribution in [0.3, 0.4) is 0 Å². The lowest BCUT2D eigenvalue weighted by Crippen LogP contribution is -2.50. The third kappa shape index (κ3) is 3.04. The monoisotopic (exact) mass is 218 g/mol. The Labute approximate surface area is 90.0 Å². The molecule has 4 heteroatoms.